The summed E-state index contributed by atoms with van der Waals surface area (Å²) >= 11 is 8.91. The number of nitrogens with one attached hydrogen (secondary N) is 5. The van der Waals surface area contributed by atoms with Crippen molar-refractivity contribution in [3.05, 3.63) is 382 Å². The van der Waals surface area contributed by atoms with E-state index in [1.54, 1.807) is 56.7 Å². The van der Waals surface area contributed by atoms with Crippen LogP contribution in [0.15, 0.2) is 304 Å². The highest BCUT2D eigenvalue weighted by Crippen LogP contribution is 2.43. The van der Waals surface area contributed by atoms with Crippen molar-refractivity contribution in [1.82, 2.24) is 78.0 Å². The van der Waals surface area contributed by atoms with Gasteiger partial charge in [-0.1, -0.05) is 78.9 Å². The van der Waals surface area contributed by atoms with E-state index in [2.05, 4.69) is 299 Å². The van der Waals surface area contributed by atoms with Gasteiger partial charge < -0.3 is 36.1 Å². The topological polar surface area (TPSA) is 278 Å². The summed E-state index contributed by atoms with van der Waals surface area (Å²) in [4.78, 5) is 48.1. The number of anilines is 8. The van der Waals surface area contributed by atoms with Gasteiger partial charge in [0.05, 0.1) is 67.7 Å². The van der Waals surface area contributed by atoms with E-state index in [4.69, 9.17) is 44.9 Å². The van der Waals surface area contributed by atoms with Crippen molar-refractivity contribution in [2.45, 2.75) is 103 Å². The van der Waals surface area contributed by atoms with Crippen LogP contribution in [-0.2, 0) is 9.59 Å². The number of carbonyl (C=O) groups excluding carboxylic acids is 2. The second-order valence-electron chi connectivity index (χ2n) is 37.3. The summed E-state index contributed by atoms with van der Waals surface area (Å²) in [5, 5.41) is 54.1. The van der Waals surface area contributed by atoms with E-state index < -0.39 is 0 Å². The van der Waals surface area contributed by atoms with Crippen molar-refractivity contribution in [1.29, 1.82) is 0 Å². The smallest absolute Gasteiger partial charge is 0.373 e. The lowest BCUT2D eigenvalue weighted by atomic mass is 10.1. The summed E-state index contributed by atoms with van der Waals surface area (Å²) in [5.41, 5.74) is 34.4. The minimum Gasteiger partial charge on any atom is -0.493 e. The minimum absolute atomic E-state index is 0.129. The zero-order valence-corrected chi connectivity index (χ0v) is 88.5. The molecule has 0 amide bonds. The SMILES string of the molecule is Cc1cc2cc(-c3cnc4ccc(-c5ccc6[nH]ccc6c5)nn34)sc2cc1C.Cc1cc2cc(-c3cnc4ccc(Nc5ccc(OCCCO)c(C)c5)nn34)sc2cc1C.Cc1cc2cc(-c3cnc4ccc(Nc5ccccc5)nn34)sc2cc1C.Cc1ccc(Nc2ccc3ncc(-c4cc5cc(C)c(C)cc5s4)n3n2)cc1C.Cc1ccc(Nc2ccc3ncc(-c4cc5cccc(C)c5s4)n3n2)cc1C.O=C=O. The summed E-state index contributed by atoms with van der Waals surface area (Å²) in [5.74, 6) is 3.95. The molecule has 0 fully saturated rings. The molecule has 10 aromatic carbocycles. The number of aliphatic hydroxyl groups excluding tert-OH is 1. The monoisotopic (exact) mass is 2050 g/mol. The second kappa shape index (κ2) is 42.2. The van der Waals surface area contributed by atoms with Gasteiger partial charge in [0, 0.05) is 81.9 Å². The number of hydrogen-bond acceptors (Lipinski definition) is 23. The molecule has 29 heteroatoms. The number of aryl methyl sites for hydroxylation is 14. The number of H-pyrrole nitrogens is 1. The van der Waals surface area contributed by atoms with Gasteiger partial charge in [-0.25, -0.2) is 47.5 Å². The Bertz CT molecular complexity index is 9440. The Morgan fingerprint density at radius 3 is 1.05 bits per heavy atom. The molecule has 0 saturated carbocycles. The first-order chi connectivity index (χ1) is 72.3. The molecule has 16 aromatic heterocycles. The van der Waals surface area contributed by atoms with Crippen molar-refractivity contribution in [3.63, 3.8) is 0 Å². The maximum absolute atomic E-state index is 8.93. The van der Waals surface area contributed by atoms with E-state index in [0.717, 1.165) is 136 Å². The molecular formula is C120H104N20O4S5. The molecule has 26 rings (SSSR count). The first kappa shape index (κ1) is 98.0. The average Bonchev–Trinajstić information content (AvgIpc) is 1.66. The summed E-state index contributed by atoms with van der Waals surface area (Å²) < 4.78 is 21.8. The van der Waals surface area contributed by atoms with Gasteiger partial charge >= 0.3 is 6.15 Å². The van der Waals surface area contributed by atoms with E-state index in [-0.39, 0.29) is 12.8 Å². The number of nitrogens with zero attached hydrogens (tertiary/aromatic N) is 15. The summed E-state index contributed by atoms with van der Waals surface area (Å²) in [6, 6.07) is 92.7. The number of fused-ring (bicyclic) bond motifs is 11. The van der Waals surface area contributed by atoms with Crippen molar-refractivity contribution in [3.8, 4) is 69.9 Å². The van der Waals surface area contributed by atoms with Crippen LogP contribution >= 0.6 is 56.7 Å². The molecule has 149 heavy (non-hydrogen) atoms. The highest BCUT2D eigenvalue weighted by molar-refractivity contribution is 7.23. The van der Waals surface area contributed by atoms with Gasteiger partial charge in [-0.2, -0.15) is 14.7 Å². The Balaban J connectivity index is 0.000000108. The van der Waals surface area contributed by atoms with E-state index in [1.807, 2.05) is 176 Å². The molecule has 24 nitrogen and oxygen atoms in total. The lowest BCUT2D eigenvalue weighted by molar-refractivity contribution is -0.191. The average molecular weight is 2050 g/mol. The summed E-state index contributed by atoms with van der Waals surface area (Å²) in [7, 11) is 0. The normalized spacial score (nSPS) is 11.3. The third-order valence-corrected chi connectivity index (χ3v) is 32.6. The number of rotatable bonds is 18. The van der Waals surface area contributed by atoms with Crippen molar-refractivity contribution < 1.29 is 19.4 Å². The number of benzene rings is 10. The van der Waals surface area contributed by atoms with E-state index in [0.29, 0.717) is 13.0 Å². The van der Waals surface area contributed by atoms with Crippen molar-refractivity contribution >= 4 is 198 Å². The number of aromatic nitrogens is 16. The molecule has 26 aromatic rings. The predicted octanol–water partition coefficient (Wildman–Crippen LogP) is 30.7. The fourth-order valence-electron chi connectivity index (χ4n) is 17.8. The third-order valence-electron chi connectivity index (χ3n) is 26.8. The van der Waals surface area contributed by atoms with E-state index >= 15 is 0 Å². The largest absolute Gasteiger partial charge is 0.493 e. The quantitative estimate of drug-likeness (QED) is 0.0436. The highest BCUT2D eigenvalue weighted by Gasteiger charge is 2.22. The van der Waals surface area contributed by atoms with Crippen LogP contribution in [0.1, 0.15) is 84.3 Å². The number of ether oxygens (including phenoxy) is 1. The number of thiophene rings is 5. The molecule has 0 saturated heterocycles. The van der Waals surface area contributed by atoms with Gasteiger partial charge in [-0.05, 0) is 390 Å². The number of hydrogen-bond donors (Lipinski definition) is 6. The van der Waals surface area contributed by atoms with E-state index in [1.165, 1.54) is 148 Å². The van der Waals surface area contributed by atoms with Crippen LogP contribution in [0.5, 0.6) is 5.75 Å². The number of para-hydroxylation sites is 1. The highest BCUT2D eigenvalue weighted by atomic mass is 32.1. The Morgan fingerprint density at radius 1 is 0.302 bits per heavy atom. The van der Waals surface area contributed by atoms with Crippen LogP contribution in [0.25, 0.3) is 154 Å². The molecule has 738 valence electrons. The molecule has 0 aliphatic rings. The molecule has 0 aliphatic carbocycles. The maximum atomic E-state index is 8.93. The first-order valence-electron chi connectivity index (χ1n) is 48.8. The Morgan fingerprint density at radius 2 is 0.658 bits per heavy atom. The van der Waals surface area contributed by atoms with Crippen LogP contribution in [-0.4, -0.2) is 102 Å². The first-order valence-corrected chi connectivity index (χ1v) is 52.9. The fraction of sp³-hybridized carbons (Fsp3) is 0.142. The van der Waals surface area contributed by atoms with Gasteiger partial charge in [-0.15, -0.1) is 77.1 Å². The minimum atomic E-state index is 0.129. The Kier molecular flexibility index (Phi) is 27.8. The molecule has 0 atom stereocenters. The van der Waals surface area contributed by atoms with Gasteiger partial charge in [0.2, 0.25) is 0 Å². The third kappa shape index (κ3) is 21.0. The van der Waals surface area contributed by atoms with Crippen LogP contribution in [0.4, 0.5) is 46.0 Å². The molecule has 0 bridgehead atoms. The number of aromatic amines is 1. The van der Waals surface area contributed by atoms with Crippen LogP contribution < -0.4 is 26.0 Å². The molecule has 6 N–H and O–H groups in total. The van der Waals surface area contributed by atoms with Crippen LogP contribution in [0, 0.1) is 96.9 Å². The zero-order chi connectivity index (χ0) is 103. The summed E-state index contributed by atoms with van der Waals surface area (Å²) in [6.45, 7) is 30.5. The zero-order valence-electron chi connectivity index (χ0n) is 84.4. The molecular weight excluding hydrogens is 1950 g/mol. The summed E-state index contributed by atoms with van der Waals surface area (Å²) in [6.07, 6.45) is 12.4. The van der Waals surface area contributed by atoms with E-state index in [9.17, 15) is 0 Å². The number of aliphatic hydroxyl groups is 1. The predicted molar refractivity (Wildman–Crippen MR) is 614 cm³/mol. The lowest BCUT2D eigenvalue weighted by Gasteiger charge is -2.11. The number of imidazole rings is 5. The van der Waals surface area contributed by atoms with Gasteiger partial charge in [0.25, 0.3) is 0 Å². The maximum Gasteiger partial charge on any atom is 0.373 e. The Hall–Kier alpha value is -17.0. The Labute approximate surface area is 878 Å². The molecule has 16 heterocycles. The standard InChI is InChI=1S/C26H26N4O2S.C24H18N4S.C24H22N4S.C23H20N4S.C22H18N4S.CO2/c1-16-11-19-14-24(33-23(19)13-17(16)2)21-15-27-26-8-7-25(29-30(21)26)28-20-5-6-22(18(3)12-20)32-10-4-9-31;1-14-9-18-12-23(29-22(18)10-15(14)2)21-13-26-24-6-5-20(27-28(21)24)16-3-4-19-17(11-16)7-8-25-19;1-14-5-6-19(10-16(14)3)26-23-7-8-24-25-13-20(28(24)27-23)22-12-18-9-15(2)17(4)11-21(18)29-22;1-14-7-8-18(11-16(14)3)25-21-9-10-22-24-13-19(27(22)26-21)20-12-17-6-4-5-15(2)23(17)28-20;1-14-10-16-12-20(27-19(16)11-15(14)2)18-13-23-22-9-8-21(25-26(18)22)24-17-6-4-3-5-7-17;2-1-3/h5-8,11-15,31H,4,9-10H2,1-3H3,(H,28,29);3-13,25H,1-2H3;5-13H,1-4H3,(H,26,27);4-13H,1-3H3,(H,25,26);3-13H,1-2H3,(H,24,25);. The fourth-order valence-corrected chi connectivity index (χ4v) is 23.5. The van der Waals surface area contributed by atoms with Gasteiger partial charge in [-0.3, -0.25) is 0 Å². The second-order valence-corrected chi connectivity index (χ2v) is 42.7. The molecule has 0 spiro atoms. The lowest BCUT2D eigenvalue weighted by Crippen LogP contribution is -2.02. The van der Waals surface area contributed by atoms with Crippen molar-refractivity contribution in [2.24, 2.45) is 0 Å². The van der Waals surface area contributed by atoms with Gasteiger partial charge in [0.15, 0.2) is 51.5 Å². The molecule has 0 radical (unpaired) electrons. The molecule has 0 unspecified atom stereocenters. The van der Waals surface area contributed by atoms with Crippen LogP contribution in [0.2, 0.25) is 0 Å². The van der Waals surface area contributed by atoms with Gasteiger partial charge in [0.1, 0.15) is 34.2 Å². The molecule has 0 aliphatic heterocycles. The van der Waals surface area contributed by atoms with Crippen molar-refractivity contribution in [2.75, 3.05) is 34.5 Å². The van der Waals surface area contributed by atoms with Crippen LogP contribution in [0.3, 0.4) is 0 Å².